The van der Waals surface area contributed by atoms with Gasteiger partial charge in [0.05, 0.1) is 0 Å². The summed E-state index contributed by atoms with van der Waals surface area (Å²) in [5.41, 5.74) is 5.08. The third kappa shape index (κ3) is 1.68. The van der Waals surface area contributed by atoms with Gasteiger partial charge in [0, 0.05) is 5.56 Å². The Hall–Kier alpha value is -1.22. The van der Waals surface area contributed by atoms with E-state index in [1.807, 2.05) is 6.92 Å². The molecule has 0 heterocycles. The van der Waals surface area contributed by atoms with Crippen LogP contribution < -0.4 is 0 Å². The zero-order chi connectivity index (χ0) is 9.14. The summed E-state index contributed by atoms with van der Waals surface area (Å²) in [6.07, 6.45) is 0. The maximum Gasteiger partial charge on any atom is 0.0277 e. The Morgan fingerprint density at radius 1 is 0.917 bits per heavy atom. The van der Waals surface area contributed by atoms with Crippen LogP contribution in [0.1, 0.15) is 29.2 Å². The van der Waals surface area contributed by atoms with Crippen LogP contribution in [-0.2, 0) is 0 Å². The molecule has 1 aromatic rings. The Morgan fingerprint density at radius 2 is 1.50 bits per heavy atom. The number of aryl methyl sites for hydroxylation is 3. The number of benzene rings is 1. The molecule has 0 spiro atoms. The van der Waals surface area contributed by atoms with Gasteiger partial charge in [-0.15, -0.1) is 5.92 Å². The molecule has 0 N–H and O–H groups in total. The van der Waals surface area contributed by atoms with Crippen molar-refractivity contribution in [3.8, 4) is 11.8 Å². The predicted octanol–water partition coefficient (Wildman–Crippen LogP) is 2.98. The molecular weight excluding hydrogens is 144 g/mol. The molecule has 62 valence electrons. The van der Waals surface area contributed by atoms with E-state index in [1.165, 1.54) is 16.7 Å². The molecule has 0 radical (unpaired) electrons. The second-order valence-electron chi connectivity index (χ2n) is 3.13. The highest BCUT2D eigenvalue weighted by Gasteiger charge is 1.97. The topological polar surface area (TPSA) is 0 Å². The van der Waals surface area contributed by atoms with Crippen molar-refractivity contribution in [1.82, 2.24) is 0 Å². The first-order valence-electron chi connectivity index (χ1n) is 4.15. The second kappa shape index (κ2) is 3.45. The minimum Gasteiger partial charge on any atom is -0.101 e. The molecular formula is C12H14. The molecule has 0 aliphatic rings. The molecule has 0 aliphatic heterocycles. The van der Waals surface area contributed by atoms with Crippen LogP contribution in [0.2, 0.25) is 0 Å². The van der Waals surface area contributed by atoms with Crippen molar-refractivity contribution in [3.05, 3.63) is 34.4 Å². The van der Waals surface area contributed by atoms with E-state index in [2.05, 4.69) is 44.7 Å². The summed E-state index contributed by atoms with van der Waals surface area (Å²) in [6, 6.07) is 4.34. The summed E-state index contributed by atoms with van der Waals surface area (Å²) >= 11 is 0. The maximum atomic E-state index is 3.09. The maximum absolute atomic E-state index is 3.09. The Balaban J connectivity index is 3.29. The fourth-order valence-corrected chi connectivity index (χ4v) is 1.23. The summed E-state index contributed by atoms with van der Waals surface area (Å²) in [5, 5.41) is 0. The van der Waals surface area contributed by atoms with Crippen LogP contribution >= 0.6 is 0 Å². The van der Waals surface area contributed by atoms with Crippen LogP contribution in [0.4, 0.5) is 0 Å². The Morgan fingerprint density at radius 3 is 2.08 bits per heavy atom. The van der Waals surface area contributed by atoms with E-state index < -0.39 is 0 Å². The Bertz CT molecular complexity index is 348. The molecule has 0 amide bonds. The van der Waals surface area contributed by atoms with E-state index in [4.69, 9.17) is 0 Å². The van der Waals surface area contributed by atoms with Gasteiger partial charge in [0.1, 0.15) is 0 Å². The van der Waals surface area contributed by atoms with Gasteiger partial charge < -0.3 is 0 Å². The Kier molecular flexibility index (Phi) is 2.55. The fraction of sp³-hybridized carbons (Fsp3) is 0.333. The fourth-order valence-electron chi connectivity index (χ4n) is 1.23. The minimum atomic E-state index is 1.15. The summed E-state index contributed by atoms with van der Waals surface area (Å²) < 4.78 is 0. The van der Waals surface area contributed by atoms with E-state index in [1.54, 1.807) is 0 Å². The van der Waals surface area contributed by atoms with Crippen molar-refractivity contribution in [2.75, 3.05) is 0 Å². The van der Waals surface area contributed by atoms with Crippen LogP contribution in [0.15, 0.2) is 12.1 Å². The monoisotopic (exact) mass is 158 g/mol. The van der Waals surface area contributed by atoms with Gasteiger partial charge in [-0.25, -0.2) is 0 Å². The van der Waals surface area contributed by atoms with Crippen molar-refractivity contribution in [3.63, 3.8) is 0 Å². The third-order valence-corrected chi connectivity index (χ3v) is 2.10. The molecule has 1 aromatic carbocycles. The Labute approximate surface area is 74.6 Å². The van der Waals surface area contributed by atoms with Crippen molar-refractivity contribution < 1.29 is 0 Å². The largest absolute Gasteiger partial charge is 0.101 e. The lowest BCUT2D eigenvalue weighted by Gasteiger charge is -2.03. The number of hydrogen-bond donors (Lipinski definition) is 0. The lowest BCUT2D eigenvalue weighted by atomic mass is 10.0. The SMILES string of the molecule is CC#Cc1cc(C)c(C)cc1C. The van der Waals surface area contributed by atoms with Crippen molar-refractivity contribution in [2.45, 2.75) is 27.7 Å². The van der Waals surface area contributed by atoms with Crippen molar-refractivity contribution in [1.29, 1.82) is 0 Å². The third-order valence-electron chi connectivity index (χ3n) is 2.10. The van der Waals surface area contributed by atoms with Crippen LogP contribution in [0, 0.1) is 32.6 Å². The highest BCUT2D eigenvalue weighted by atomic mass is 14.0. The van der Waals surface area contributed by atoms with Gasteiger partial charge in [-0.2, -0.15) is 0 Å². The molecule has 0 bridgehead atoms. The van der Waals surface area contributed by atoms with Crippen molar-refractivity contribution in [2.24, 2.45) is 0 Å². The summed E-state index contributed by atoms with van der Waals surface area (Å²) in [4.78, 5) is 0. The van der Waals surface area contributed by atoms with Crippen LogP contribution in [-0.4, -0.2) is 0 Å². The standard InChI is InChI=1S/C12H14/c1-5-6-12-8-10(3)9(2)7-11(12)4/h7-8H,1-4H3. The molecule has 0 saturated carbocycles. The summed E-state index contributed by atoms with van der Waals surface area (Å²) in [6.45, 7) is 8.22. The average Bonchev–Trinajstić information content (AvgIpc) is 2.01. The van der Waals surface area contributed by atoms with Gasteiger partial charge in [-0.05, 0) is 50.5 Å². The average molecular weight is 158 g/mol. The van der Waals surface area contributed by atoms with Crippen LogP contribution in [0.5, 0.6) is 0 Å². The van der Waals surface area contributed by atoms with Gasteiger partial charge in [0.15, 0.2) is 0 Å². The molecule has 0 atom stereocenters. The molecule has 0 saturated heterocycles. The van der Waals surface area contributed by atoms with Gasteiger partial charge in [-0.1, -0.05) is 12.0 Å². The zero-order valence-corrected chi connectivity index (χ0v) is 8.15. The first kappa shape index (κ1) is 8.87. The van der Waals surface area contributed by atoms with Crippen LogP contribution in [0.25, 0.3) is 0 Å². The molecule has 0 unspecified atom stereocenters. The molecule has 0 fully saturated rings. The van der Waals surface area contributed by atoms with Crippen molar-refractivity contribution >= 4 is 0 Å². The normalized spacial score (nSPS) is 9.00. The zero-order valence-electron chi connectivity index (χ0n) is 8.15. The van der Waals surface area contributed by atoms with Gasteiger partial charge in [0.25, 0.3) is 0 Å². The highest BCUT2D eigenvalue weighted by molar-refractivity contribution is 5.45. The lowest BCUT2D eigenvalue weighted by molar-refractivity contribution is 1.28. The smallest absolute Gasteiger partial charge is 0.0277 e. The summed E-state index contributed by atoms with van der Waals surface area (Å²) in [5.74, 6) is 6.02. The quantitative estimate of drug-likeness (QED) is 0.509. The van der Waals surface area contributed by atoms with Gasteiger partial charge in [0.2, 0.25) is 0 Å². The van der Waals surface area contributed by atoms with E-state index in [0.717, 1.165) is 5.56 Å². The molecule has 0 nitrogen and oxygen atoms in total. The molecule has 12 heavy (non-hydrogen) atoms. The van der Waals surface area contributed by atoms with E-state index in [9.17, 15) is 0 Å². The second-order valence-corrected chi connectivity index (χ2v) is 3.13. The predicted molar refractivity (Wildman–Crippen MR) is 53.2 cm³/mol. The van der Waals surface area contributed by atoms with E-state index >= 15 is 0 Å². The lowest BCUT2D eigenvalue weighted by Crippen LogP contribution is -1.87. The molecule has 1 rings (SSSR count). The van der Waals surface area contributed by atoms with Gasteiger partial charge in [-0.3, -0.25) is 0 Å². The van der Waals surface area contributed by atoms with Gasteiger partial charge >= 0.3 is 0 Å². The number of rotatable bonds is 0. The molecule has 0 aliphatic carbocycles. The molecule has 0 heteroatoms. The first-order valence-corrected chi connectivity index (χ1v) is 4.15. The molecule has 0 aromatic heterocycles. The minimum absolute atomic E-state index is 1.15. The summed E-state index contributed by atoms with van der Waals surface area (Å²) in [7, 11) is 0. The first-order chi connectivity index (χ1) is 5.65. The van der Waals surface area contributed by atoms with E-state index in [-0.39, 0.29) is 0 Å². The number of hydrogen-bond acceptors (Lipinski definition) is 0. The van der Waals surface area contributed by atoms with Crippen LogP contribution in [0.3, 0.4) is 0 Å². The highest BCUT2D eigenvalue weighted by Crippen LogP contribution is 2.13. The van der Waals surface area contributed by atoms with E-state index in [0.29, 0.717) is 0 Å².